The average molecular weight is 413 g/mol. The van der Waals surface area contributed by atoms with Crippen LogP contribution in [0, 0.1) is 0 Å². The number of anilines is 2. The van der Waals surface area contributed by atoms with Crippen molar-refractivity contribution in [3.05, 3.63) is 95.1 Å². The summed E-state index contributed by atoms with van der Waals surface area (Å²) in [6, 6.07) is 22.0. The number of nitrogens with two attached hydrogens (primary N) is 1. The van der Waals surface area contributed by atoms with Crippen LogP contribution in [0.2, 0.25) is 0 Å². The largest absolute Gasteiger partial charge is 0.478 e. The molecule has 0 fully saturated rings. The van der Waals surface area contributed by atoms with Crippen molar-refractivity contribution < 1.29 is 14.7 Å². The van der Waals surface area contributed by atoms with Crippen molar-refractivity contribution in [2.75, 3.05) is 10.6 Å². The molecule has 0 radical (unpaired) electrons. The van der Waals surface area contributed by atoms with E-state index in [0.717, 1.165) is 16.8 Å². The first-order valence-corrected chi connectivity index (χ1v) is 9.89. The molecule has 0 spiro atoms. The lowest BCUT2D eigenvalue weighted by molar-refractivity contribution is -0.110. The van der Waals surface area contributed by atoms with E-state index in [9.17, 15) is 14.7 Å². The molecule has 0 bridgehead atoms. The Morgan fingerprint density at radius 3 is 2.39 bits per heavy atom. The normalized spacial score (nSPS) is 14.6. The molecule has 0 unspecified atom stereocenters. The molecular formula is C25H23N3O3. The zero-order valence-corrected chi connectivity index (χ0v) is 17.3. The number of hydrogen-bond donors (Lipinski definition) is 4. The molecule has 4 rings (SSSR count). The van der Waals surface area contributed by atoms with Crippen molar-refractivity contribution in [2.45, 2.75) is 19.4 Å². The van der Waals surface area contributed by atoms with E-state index in [1.807, 2.05) is 68.4 Å². The van der Waals surface area contributed by atoms with Crippen LogP contribution in [0.25, 0.3) is 11.3 Å². The Hall–Kier alpha value is -3.90. The van der Waals surface area contributed by atoms with E-state index in [1.54, 1.807) is 6.07 Å². The summed E-state index contributed by atoms with van der Waals surface area (Å²) in [6.45, 7) is 3.87. The zero-order chi connectivity index (χ0) is 22.2. The molecule has 6 heteroatoms. The van der Waals surface area contributed by atoms with Gasteiger partial charge < -0.3 is 21.5 Å². The molecular weight excluding hydrogens is 390 g/mol. The summed E-state index contributed by atoms with van der Waals surface area (Å²) in [5.74, 6) is -1.34. The van der Waals surface area contributed by atoms with Crippen LogP contribution in [0.1, 0.15) is 40.9 Å². The molecule has 1 aliphatic heterocycles. The fourth-order valence-corrected chi connectivity index (χ4v) is 3.58. The molecule has 5 N–H and O–H groups in total. The first-order chi connectivity index (χ1) is 14.7. The van der Waals surface area contributed by atoms with Gasteiger partial charge in [0.1, 0.15) is 0 Å². The summed E-state index contributed by atoms with van der Waals surface area (Å²) in [7, 11) is 0. The molecule has 3 aromatic carbocycles. The Morgan fingerprint density at radius 2 is 1.71 bits per heavy atom. The maximum atomic E-state index is 13.0. The number of aromatic carboxylic acids is 1. The van der Waals surface area contributed by atoms with Crippen LogP contribution in [-0.2, 0) is 10.3 Å². The third-order valence-corrected chi connectivity index (χ3v) is 5.20. The smallest absolute Gasteiger partial charge is 0.335 e. The number of carbonyl (C=O) groups excluding carboxylic acids is 1. The highest BCUT2D eigenvalue weighted by molar-refractivity contribution is 6.37. The van der Waals surface area contributed by atoms with E-state index < -0.39 is 11.5 Å². The maximum absolute atomic E-state index is 13.0. The van der Waals surface area contributed by atoms with Crippen LogP contribution in [-0.4, -0.2) is 17.0 Å². The van der Waals surface area contributed by atoms with Crippen molar-refractivity contribution in [3.8, 4) is 0 Å². The van der Waals surface area contributed by atoms with Gasteiger partial charge in [-0.15, -0.1) is 0 Å². The van der Waals surface area contributed by atoms with Crippen molar-refractivity contribution in [1.82, 2.24) is 0 Å². The molecule has 0 saturated heterocycles. The highest BCUT2D eigenvalue weighted by Gasteiger charge is 2.29. The van der Waals surface area contributed by atoms with E-state index in [2.05, 4.69) is 10.6 Å². The number of benzene rings is 3. The van der Waals surface area contributed by atoms with Crippen LogP contribution < -0.4 is 16.4 Å². The zero-order valence-electron chi connectivity index (χ0n) is 17.3. The number of carboxylic acids is 1. The molecule has 31 heavy (non-hydrogen) atoms. The van der Waals surface area contributed by atoms with E-state index in [0.29, 0.717) is 22.5 Å². The third-order valence-electron chi connectivity index (χ3n) is 5.20. The lowest BCUT2D eigenvalue weighted by atomic mass is 9.95. The Bertz CT molecular complexity index is 1210. The van der Waals surface area contributed by atoms with Crippen LogP contribution in [0.5, 0.6) is 0 Å². The van der Waals surface area contributed by atoms with Gasteiger partial charge in [-0.05, 0) is 49.2 Å². The minimum atomic E-state index is -1.04. The van der Waals surface area contributed by atoms with Gasteiger partial charge >= 0.3 is 5.97 Å². The van der Waals surface area contributed by atoms with Gasteiger partial charge in [0.15, 0.2) is 0 Å². The number of nitrogens with one attached hydrogen (secondary N) is 2. The van der Waals surface area contributed by atoms with Gasteiger partial charge in [-0.1, -0.05) is 48.5 Å². The molecule has 0 atom stereocenters. The van der Waals surface area contributed by atoms with E-state index in [4.69, 9.17) is 5.73 Å². The summed E-state index contributed by atoms with van der Waals surface area (Å²) in [5.41, 5.74) is 10.7. The monoisotopic (exact) mass is 413 g/mol. The number of amides is 1. The fraction of sp³-hybridized carbons (Fsp3) is 0.120. The van der Waals surface area contributed by atoms with Gasteiger partial charge in [-0.3, -0.25) is 4.79 Å². The molecule has 1 amide bonds. The topological polar surface area (TPSA) is 104 Å². The van der Waals surface area contributed by atoms with Gasteiger partial charge in [0, 0.05) is 16.8 Å². The van der Waals surface area contributed by atoms with E-state index in [1.165, 1.54) is 12.1 Å². The van der Waals surface area contributed by atoms with Gasteiger partial charge in [-0.2, -0.15) is 0 Å². The predicted octanol–water partition coefficient (Wildman–Crippen LogP) is 4.51. The van der Waals surface area contributed by atoms with Crippen LogP contribution in [0.3, 0.4) is 0 Å². The summed E-state index contributed by atoms with van der Waals surface area (Å²) >= 11 is 0. The van der Waals surface area contributed by atoms with Gasteiger partial charge in [0.05, 0.1) is 22.5 Å². The van der Waals surface area contributed by atoms with Crippen molar-refractivity contribution >= 4 is 34.5 Å². The first-order valence-electron chi connectivity index (χ1n) is 9.89. The van der Waals surface area contributed by atoms with Gasteiger partial charge in [0.2, 0.25) is 0 Å². The number of hydrogen-bond acceptors (Lipinski definition) is 4. The minimum absolute atomic E-state index is 0.118. The van der Waals surface area contributed by atoms with Gasteiger partial charge in [0.25, 0.3) is 5.91 Å². The van der Waals surface area contributed by atoms with Crippen LogP contribution >= 0.6 is 0 Å². The van der Waals surface area contributed by atoms with Crippen molar-refractivity contribution in [2.24, 2.45) is 5.73 Å². The molecule has 6 nitrogen and oxygen atoms in total. The number of carbonyl (C=O) groups is 2. The second kappa shape index (κ2) is 7.74. The number of fused-ring (bicyclic) bond motifs is 1. The average Bonchev–Trinajstić information content (AvgIpc) is 3.07. The number of rotatable bonds is 5. The summed E-state index contributed by atoms with van der Waals surface area (Å²) in [5, 5.41) is 15.5. The molecule has 0 aliphatic carbocycles. The van der Waals surface area contributed by atoms with Crippen LogP contribution in [0.4, 0.5) is 11.4 Å². The summed E-state index contributed by atoms with van der Waals surface area (Å²) in [6.07, 6.45) is 0. The highest BCUT2D eigenvalue weighted by Crippen LogP contribution is 2.38. The van der Waals surface area contributed by atoms with Gasteiger partial charge in [-0.25, -0.2) is 4.79 Å². The SMILES string of the molecule is CC(C)(N)c1cccc(N/C(=C2\C(=O)Nc3cc(C(=O)O)ccc32)c2ccccc2)c1. The quantitative estimate of drug-likeness (QED) is 0.461. The maximum Gasteiger partial charge on any atom is 0.335 e. The second-order valence-corrected chi connectivity index (χ2v) is 8.06. The summed E-state index contributed by atoms with van der Waals surface area (Å²) in [4.78, 5) is 24.3. The third kappa shape index (κ3) is 4.06. The second-order valence-electron chi connectivity index (χ2n) is 8.06. The molecule has 0 saturated carbocycles. The molecule has 0 aromatic heterocycles. The Kier molecular flexibility index (Phi) is 5.09. The fourth-order valence-electron chi connectivity index (χ4n) is 3.58. The van der Waals surface area contributed by atoms with Crippen LogP contribution in [0.15, 0.2) is 72.8 Å². The lowest BCUT2D eigenvalue weighted by Crippen LogP contribution is -2.28. The van der Waals surface area contributed by atoms with Crippen molar-refractivity contribution in [3.63, 3.8) is 0 Å². The Labute approximate surface area is 180 Å². The van der Waals surface area contributed by atoms with Crippen molar-refractivity contribution in [1.29, 1.82) is 0 Å². The standard InChI is InChI=1S/C25H23N3O3/c1-25(2,26)17-9-6-10-18(14-17)27-22(15-7-4-3-5-8-15)21-19-12-11-16(24(30)31)13-20(19)28-23(21)29/h3-14,27H,26H2,1-2H3,(H,28,29)(H,30,31)/b22-21-. The van der Waals surface area contributed by atoms with E-state index in [-0.39, 0.29) is 11.5 Å². The molecule has 3 aromatic rings. The van der Waals surface area contributed by atoms with E-state index >= 15 is 0 Å². The Morgan fingerprint density at radius 1 is 0.968 bits per heavy atom. The minimum Gasteiger partial charge on any atom is -0.478 e. The highest BCUT2D eigenvalue weighted by atomic mass is 16.4. The Balaban J connectivity index is 1.87. The predicted molar refractivity (Wildman–Crippen MR) is 123 cm³/mol. The molecule has 1 heterocycles. The number of carboxylic acid groups (broad SMARTS) is 1. The summed E-state index contributed by atoms with van der Waals surface area (Å²) < 4.78 is 0. The first kappa shape index (κ1) is 20.4. The molecule has 1 aliphatic rings. The molecule has 156 valence electrons. The lowest BCUT2D eigenvalue weighted by Gasteiger charge is -2.21.